The van der Waals surface area contributed by atoms with Crippen LogP contribution in [0.5, 0.6) is 0 Å². The van der Waals surface area contributed by atoms with Crippen molar-refractivity contribution < 1.29 is 17.6 Å². The molecule has 1 atom stereocenters. The number of piperidine rings is 1. The largest absolute Gasteiger partial charge is 0.434 e. The van der Waals surface area contributed by atoms with Crippen LogP contribution in [0.3, 0.4) is 0 Å². The third-order valence-electron chi connectivity index (χ3n) is 5.17. The number of nitrogens with two attached hydrogens (primary N) is 1. The second-order valence-corrected chi connectivity index (χ2v) is 7.10. The van der Waals surface area contributed by atoms with Gasteiger partial charge in [0.1, 0.15) is 11.5 Å². The summed E-state index contributed by atoms with van der Waals surface area (Å²) >= 11 is 0. The molecule has 3 aromatic rings. The molecule has 1 saturated heterocycles. The summed E-state index contributed by atoms with van der Waals surface area (Å²) in [5, 5.41) is 7.27. The molecule has 0 saturated carbocycles. The van der Waals surface area contributed by atoms with Gasteiger partial charge >= 0.3 is 6.18 Å². The Morgan fingerprint density at radius 3 is 2.74 bits per heavy atom. The molecule has 3 N–H and O–H groups in total. The van der Waals surface area contributed by atoms with E-state index >= 15 is 0 Å². The fourth-order valence-electron chi connectivity index (χ4n) is 3.68. The number of alkyl halides is 3. The van der Waals surface area contributed by atoms with Gasteiger partial charge in [0.25, 0.3) is 0 Å². The van der Waals surface area contributed by atoms with Crippen molar-refractivity contribution in [2.75, 3.05) is 18.0 Å². The lowest BCUT2D eigenvalue weighted by atomic mass is 9.91. The summed E-state index contributed by atoms with van der Waals surface area (Å²) in [6.45, 7) is 1.06. The Balaban J connectivity index is 1.67. The Morgan fingerprint density at radius 2 is 2.03 bits per heavy atom. The number of aromatic nitrogens is 5. The van der Waals surface area contributed by atoms with Crippen LogP contribution in [-0.4, -0.2) is 43.4 Å². The molecule has 12 heteroatoms. The highest BCUT2D eigenvalue weighted by atomic mass is 19.4. The maximum atomic E-state index is 13.5. The van der Waals surface area contributed by atoms with E-state index < -0.39 is 17.8 Å². The number of anilines is 1. The highest BCUT2D eigenvalue weighted by Crippen LogP contribution is 2.30. The molecular formula is C19H18F4N8. The molecule has 162 valence electrons. The average Bonchev–Trinajstić information content (AvgIpc) is 3.17. The van der Waals surface area contributed by atoms with Gasteiger partial charge in [0.2, 0.25) is 5.97 Å². The molecule has 3 aromatic heterocycles. The summed E-state index contributed by atoms with van der Waals surface area (Å²) in [5.74, 6) is -0.584. The van der Waals surface area contributed by atoms with Gasteiger partial charge in [-0.2, -0.15) is 17.6 Å². The summed E-state index contributed by atoms with van der Waals surface area (Å²) in [5.41, 5.74) is 5.10. The summed E-state index contributed by atoms with van der Waals surface area (Å²) in [6, 6.07) is 1.67. The lowest BCUT2D eigenvalue weighted by Crippen LogP contribution is -2.37. The third-order valence-corrected chi connectivity index (χ3v) is 5.17. The fourth-order valence-corrected chi connectivity index (χ4v) is 3.68. The number of hydrogen-bond acceptors (Lipinski definition) is 7. The van der Waals surface area contributed by atoms with Crippen LogP contribution in [0, 0.1) is 11.3 Å². The monoisotopic (exact) mass is 434 g/mol. The van der Waals surface area contributed by atoms with Crippen molar-refractivity contribution in [2.24, 2.45) is 11.7 Å². The number of halogens is 4. The topological polar surface area (TPSA) is 109 Å². The van der Waals surface area contributed by atoms with Crippen LogP contribution in [0.4, 0.5) is 23.4 Å². The molecule has 0 radical (unpaired) electrons. The van der Waals surface area contributed by atoms with Crippen molar-refractivity contribution >= 4 is 17.4 Å². The molecule has 1 aliphatic heterocycles. The van der Waals surface area contributed by atoms with Gasteiger partial charge in [0.15, 0.2) is 17.2 Å². The Morgan fingerprint density at radius 1 is 1.23 bits per heavy atom. The zero-order chi connectivity index (χ0) is 22.2. The normalized spacial score (nSPS) is 17.9. The van der Waals surface area contributed by atoms with E-state index in [0.29, 0.717) is 25.3 Å². The quantitative estimate of drug-likeness (QED) is 0.482. The summed E-state index contributed by atoms with van der Waals surface area (Å²) in [6.07, 6.45) is 2.73. The second-order valence-electron chi connectivity index (χ2n) is 7.10. The molecule has 1 aliphatic rings. The van der Waals surface area contributed by atoms with Gasteiger partial charge in [0, 0.05) is 43.2 Å². The summed E-state index contributed by atoms with van der Waals surface area (Å²) < 4.78 is 53.9. The number of nitrogens with zero attached hydrogens (tertiary/aromatic N) is 6. The first-order valence-corrected chi connectivity index (χ1v) is 9.43. The molecule has 4 rings (SSSR count). The first kappa shape index (κ1) is 20.7. The van der Waals surface area contributed by atoms with E-state index in [0.717, 1.165) is 25.0 Å². The zero-order valence-electron chi connectivity index (χ0n) is 16.1. The lowest BCUT2D eigenvalue weighted by Gasteiger charge is -2.34. The van der Waals surface area contributed by atoms with Crippen LogP contribution >= 0.6 is 0 Å². The smallest absolute Gasteiger partial charge is 0.404 e. The molecule has 4 heterocycles. The minimum atomic E-state index is -4.60. The first-order valence-electron chi connectivity index (χ1n) is 9.43. The maximum Gasteiger partial charge on any atom is 0.434 e. The van der Waals surface area contributed by atoms with E-state index in [9.17, 15) is 17.6 Å². The number of rotatable bonds is 4. The minimum Gasteiger partial charge on any atom is -0.404 e. The fraction of sp³-hybridized carbons (Fsp3) is 0.316. The molecule has 31 heavy (non-hydrogen) atoms. The zero-order valence-corrected chi connectivity index (χ0v) is 16.1. The van der Waals surface area contributed by atoms with Gasteiger partial charge in [0.05, 0.1) is 12.4 Å². The molecule has 1 unspecified atom stereocenters. The average molecular weight is 434 g/mol. The van der Waals surface area contributed by atoms with Gasteiger partial charge < -0.3 is 10.6 Å². The highest BCUT2D eigenvalue weighted by Gasteiger charge is 2.33. The maximum absolute atomic E-state index is 13.5. The number of fused-ring (bicyclic) bond motifs is 1. The standard InChI is InChI=1S/C19H18F4N8/c20-17(25)12(6-24)11-2-1-5-30(9-11)15-3-4-26-18(29-15)13-7-28-16-8-27-14(10-31(13)16)19(21,22)23/h3-4,6-8,10-11,25H,1-2,5,9,24H2/b12-6-,25-17?. The highest BCUT2D eigenvalue weighted by molar-refractivity contribution is 5.90. The van der Waals surface area contributed by atoms with E-state index in [2.05, 4.69) is 19.9 Å². The summed E-state index contributed by atoms with van der Waals surface area (Å²) in [4.78, 5) is 18.1. The summed E-state index contributed by atoms with van der Waals surface area (Å²) in [7, 11) is 0. The number of nitrogens with one attached hydrogen (secondary N) is 1. The Labute approximate surface area is 174 Å². The van der Waals surface area contributed by atoms with Crippen LogP contribution in [0.25, 0.3) is 17.2 Å². The predicted octanol–water partition coefficient (Wildman–Crippen LogP) is 3.21. The molecular weight excluding hydrogens is 416 g/mol. The lowest BCUT2D eigenvalue weighted by molar-refractivity contribution is -0.141. The molecule has 1 fully saturated rings. The Hall–Kier alpha value is -3.57. The van der Waals surface area contributed by atoms with Crippen LogP contribution in [-0.2, 0) is 6.18 Å². The molecule has 0 spiro atoms. The Bertz CT molecular complexity index is 1150. The first-order chi connectivity index (χ1) is 14.8. The predicted molar refractivity (Wildman–Crippen MR) is 105 cm³/mol. The van der Waals surface area contributed by atoms with E-state index in [1.54, 1.807) is 6.07 Å². The van der Waals surface area contributed by atoms with E-state index in [1.165, 1.54) is 16.8 Å². The van der Waals surface area contributed by atoms with Crippen LogP contribution in [0.2, 0.25) is 0 Å². The van der Waals surface area contributed by atoms with E-state index in [-0.39, 0.29) is 28.7 Å². The molecule has 0 amide bonds. The van der Waals surface area contributed by atoms with Crippen molar-refractivity contribution in [1.82, 2.24) is 24.3 Å². The van der Waals surface area contributed by atoms with E-state index in [4.69, 9.17) is 11.1 Å². The molecule has 0 bridgehead atoms. The Kier molecular flexibility index (Phi) is 5.29. The second kappa shape index (κ2) is 7.93. The van der Waals surface area contributed by atoms with Crippen molar-refractivity contribution in [3.05, 3.63) is 48.3 Å². The van der Waals surface area contributed by atoms with Crippen molar-refractivity contribution in [3.63, 3.8) is 0 Å². The van der Waals surface area contributed by atoms with Crippen molar-refractivity contribution in [2.45, 2.75) is 19.0 Å². The van der Waals surface area contributed by atoms with Gasteiger partial charge in [-0.25, -0.2) is 19.9 Å². The number of hydrogen-bond donors (Lipinski definition) is 2. The van der Waals surface area contributed by atoms with Crippen molar-refractivity contribution in [1.29, 1.82) is 5.41 Å². The van der Waals surface area contributed by atoms with E-state index in [1.807, 2.05) is 4.90 Å². The number of imidazole rings is 1. The van der Waals surface area contributed by atoms with Crippen LogP contribution in [0.15, 0.2) is 42.6 Å². The molecule has 0 aliphatic carbocycles. The van der Waals surface area contributed by atoms with Gasteiger partial charge in [-0.15, -0.1) is 0 Å². The van der Waals surface area contributed by atoms with Gasteiger partial charge in [-0.3, -0.25) is 9.81 Å². The van der Waals surface area contributed by atoms with Gasteiger partial charge in [-0.05, 0) is 18.9 Å². The van der Waals surface area contributed by atoms with Crippen LogP contribution in [0.1, 0.15) is 18.5 Å². The SMILES string of the molecule is N=C(F)/C(=C\N)C1CCCN(c2ccnc(-c3cnc4cnc(C(F)(F)F)cn34)n2)C1. The molecule has 0 aromatic carbocycles. The van der Waals surface area contributed by atoms with Crippen LogP contribution < -0.4 is 10.6 Å². The van der Waals surface area contributed by atoms with Crippen molar-refractivity contribution in [3.8, 4) is 11.5 Å². The molecule has 8 nitrogen and oxygen atoms in total. The van der Waals surface area contributed by atoms with Gasteiger partial charge in [-0.1, -0.05) is 0 Å². The third kappa shape index (κ3) is 4.05. The minimum absolute atomic E-state index is 0.146.